The molecule has 1 heterocycles. The van der Waals surface area contributed by atoms with Crippen molar-refractivity contribution in [2.24, 2.45) is 0 Å². The minimum Gasteiger partial charge on any atom is -0.353 e. The fraction of sp³-hybridized carbons (Fsp3) is 0.130. The number of nitrogens with zero attached hydrogens (tertiary/aromatic N) is 1. The number of anilines is 2. The first-order chi connectivity index (χ1) is 13.6. The SMILES string of the molecule is Cc1ccc(Nc2cn[nH]c2)cc1C(=O)N[C@H](C)c1cccc2ccccc12. The summed E-state index contributed by atoms with van der Waals surface area (Å²) in [5, 5.41) is 15.4. The second-order valence-electron chi connectivity index (χ2n) is 6.91. The van der Waals surface area contributed by atoms with Crippen molar-refractivity contribution in [2.75, 3.05) is 5.32 Å². The molecule has 0 unspecified atom stereocenters. The molecule has 4 rings (SSSR count). The third-order valence-corrected chi connectivity index (χ3v) is 4.91. The molecule has 140 valence electrons. The largest absolute Gasteiger partial charge is 0.353 e. The first-order valence-corrected chi connectivity index (χ1v) is 9.27. The van der Waals surface area contributed by atoms with Crippen LogP contribution in [0.2, 0.25) is 0 Å². The third-order valence-electron chi connectivity index (χ3n) is 4.91. The summed E-state index contributed by atoms with van der Waals surface area (Å²) in [5.41, 5.74) is 4.38. The van der Waals surface area contributed by atoms with E-state index in [1.807, 2.05) is 50.2 Å². The third kappa shape index (κ3) is 3.60. The van der Waals surface area contributed by atoms with E-state index in [2.05, 4.69) is 45.1 Å². The van der Waals surface area contributed by atoms with Gasteiger partial charge in [-0.2, -0.15) is 5.10 Å². The fourth-order valence-electron chi connectivity index (χ4n) is 3.41. The summed E-state index contributed by atoms with van der Waals surface area (Å²) in [4.78, 5) is 13.0. The molecule has 1 atom stereocenters. The van der Waals surface area contributed by atoms with Crippen LogP contribution in [0.25, 0.3) is 10.8 Å². The average Bonchev–Trinajstić information content (AvgIpc) is 3.22. The van der Waals surface area contributed by atoms with E-state index in [1.54, 1.807) is 12.4 Å². The molecule has 0 spiro atoms. The van der Waals surface area contributed by atoms with Crippen LogP contribution in [-0.4, -0.2) is 16.1 Å². The Labute approximate surface area is 163 Å². The minimum atomic E-state index is -0.108. The molecule has 4 aromatic rings. The molecule has 0 fully saturated rings. The molecular weight excluding hydrogens is 348 g/mol. The molecule has 0 aliphatic rings. The summed E-state index contributed by atoms with van der Waals surface area (Å²) in [6.07, 6.45) is 3.46. The van der Waals surface area contributed by atoms with Gasteiger partial charge in [0.1, 0.15) is 0 Å². The van der Waals surface area contributed by atoms with Crippen LogP contribution in [0.4, 0.5) is 11.4 Å². The molecule has 0 bridgehead atoms. The van der Waals surface area contributed by atoms with Crippen LogP contribution in [0.3, 0.4) is 0 Å². The Morgan fingerprint density at radius 1 is 1.04 bits per heavy atom. The van der Waals surface area contributed by atoms with Gasteiger partial charge in [0.2, 0.25) is 0 Å². The monoisotopic (exact) mass is 370 g/mol. The normalized spacial score (nSPS) is 11.9. The maximum atomic E-state index is 13.0. The van der Waals surface area contributed by atoms with Crippen molar-refractivity contribution in [1.82, 2.24) is 15.5 Å². The standard InChI is InChI=1S/C23H22N4O/c1-15-10-11-18(27-19-13-24-25-14-19)12-22(15)23(28)26-16(2)20-9-5-7-17-6-3-4-8-21(17)20/h3-14,16,27H,1-2H3,(H,24,25)(H,26,28)/t16-/m1/s1. The fourth-order valence-corrected chi connectivity index (χ4v) is 3.41. The van der Waals surface area contributed by atoms with Crippen LogP contribution in [0.5, 0.6) is 0 Å². The number of aromatic nitrogens is 2. The van der Waals surface area contributed by atoms with Crippen LogP contribution < -0.4 is 10.6 Å². The van der Waals surface area contributed by atoms with E-state index >= 15 is 0 Å². The van der Waals surface area contributed by atoms with Gasteiger partial charge in [-0.15, -0.1) is 0 Å². The Morgan fingerprint density at radius 3 is 2.68 bits per heavy atom. The minimum absolute atomic E-state index is 0.0891. The molecular formula is C23H22N4O. The van der Waals surface area contributed by atoms with Crippen molar-refractivity contribution in [3.63, 3.8) is 0 Å². The molecule has 3 aromatic carbocycles. The highest BCUT2D eigenvalue weighted by Crippen LogP contribution is 2.25. The van der Waals surface area contributed by atoms with Gasteiger partial charge in [-0.3, -0.25) is 9.89 Å². The Balaban J connectivity index is 1.57. The number of benzene rings is 3. The maximum Gasteiger partial charge on any atom is 0.252 e. The number of hydrogen-bond donors (Lipinski definition) is 3. The predicted octanol–water partition coefficient (Wildman–Crippen LogP) is 5.11. The van der Waals surface area contributed by atoms with Gasteiger partial charge in [-0.25, -0.2) is 0 Å². The summed E-state index contributed by atoms with van der Waals surface area (Å²) in [7, 11) is 0. The molecule has 0 saturated heterocycles. The molecule has 0 saturated carbocycles. The first kappa shape index (κ1) is 17.8. The predicted molar refractivity (Wildman–Crippen MR) is 113 cm³/mol. The number of rotatable bonds is 5. The van der Waals surface area contributed by atoms with Gasteiger partial charge >= 0.3 is 0 Å². The quantitative estimate of drug-likeness (QED) is 0.457. The number of carbonyl (C=O) groups is 1. The van der Waals surface area contributed by atoms with Crippen molar-refractivity contribution in [3.8, 4) is 0 Å². The van der Waals surface area contributed by atoms with Crippen LogP contribution >= 0.6 is 0 Å². The smallest absolute Gasteiger partial charge is 0.252 e. The zero-order chi connectivity index (χ0) is 19.5. The number of hydrogen-bond acceptors (Lipinski definition) is 3. The average molecular weight is 370 g/mol. The molecule has 0 aliphatic heterocycles. The Kier molecular flexibility index (Phi) is 4.81. The molecule has 5 heteroatoms. The lowest BCUT2D eigenvalue weighted by Gasteiger charge is -2.18. The van der Waals surface area contributed by atoms with Crippen LogP contribution in [-0.2, 0) is 0 Å². The highest BCUT2D eigenvalue weighted by Gasteiger charge is 2.16. The van der Waals surface area contributed by atoms with Gasteiger partial charge in [0.25, 0.3) is 5.91 Å². The summed E-state index contributed by atoms with van der Waals surface area (Å²) >= 11 is 0. The van der Waals surface area contributed by atoms with Crippen LogP contribution in [0.15, 0.2) is 73.1 Å². The lowest BCUT2D eigenvalue weighted by molar-refractivity contribution is 0.0939. The van der Waals surface area contributed by atoms with Gasteiger partial charge in [0.15, 0.2) is 0 Å². The van der Waals surface area contributed by atoms with Gasteiger partial charge in [0, 0.05) is 17.4 Å². The summed E-state index contributed by atoms with van der Waals surface area (Å²) in [6, 6.07) is 20.1. The van der Waals surface area contributed by atoms with Gasteiger partial charge in [-0.05, 0) is 47.9 Å². The second kappa shape index (κ2) is 7.56. The second-order valence-corrected chi connectivity index (χ2v) is 6.91. The van der Waals surface area contributed by atoms with E-state index in [-0.39, 0.29) is 11.9 Å². The molecule has 0 aliphatic carbocycles. The highest BCUT2D eigenvalue weighted by atomic mass is 16.1. The highest BCUT2D eigenvalue weighted by molar-refractivity contribution is 5.97. The van der Waals surface area contributed by atoms with Gasteiger partial charge in [0.05, 0.1) is 17.9 Å². The van der Waals surface area contributed by atoms with E-state index in [9.17, 15) is 4.79 Å². The van der Waals surface area contributed by atoms with E-state index < -0.39 is 0 Å². The van der Waals surface area contributed by atoms with E-state index in [0.29, 0.717) is 5.56 Å². The van der Waals surface area contributed by atoms with E-state index in [4.69, 9.17) is 0 Å². The van der Waals surface area contributed by atoms with Gasteiger partial charge < -0.3 is 10.6 Å². The maximum absolute atomic E-state index is 13.0. The molecule has 1 amide bonds. The van der Waals surface area contributed by atoms with Crippen molar-refractivity contribution < 1.29 is 4.79 Å². The summed E-state index contributed by atoms with van der Waals surface area (Å²) < 4.78 is 0. The zero-order valence-corrected chi connectivity index (χ0v) is 15.9. The number of aryl methyl sites for hydroxylation is 1. The summed E-state index contributed by atoms with van der Waals surface area (Å²) in [6.45, 7) is 3.96. The zero-order valence-electron chi connectivity index (χ0n) is 15.9. The topological polar surface area (TPSA) is 69.8 Å². The van der Waals surface area contributed by atoms with Crippen molar-refractivity contribution in [2.45, 2.75) is 19.9 Å². The molecule has 1 aromatic heterocycles. The van der Waals surface area contributed by atoms with E-state index in [0.717, 1.165) is 27.9 Å². The molecule has 0 radical (unpaired) electrons. The number of nitrogens with one attached hydrogen (secondary N) is 3. The number of fused-ring (bicyclic) bond motifs is 1. The molecule has 5 nitrogen and oxygen atoms in total. The van der Waals surface area contributed by atoms with Crippen LogP contribution in [0, 0.1) is 6.92 Å². The first-order valence-electron chi connectivity index (χ1n) is 9.27. The summed E-state index contributed by atoms with van der Waals surface area (Å²) in [5.74, 6) is -0.0891. The number of aromatic amines is 1. The number of H-pyrrole nitrogens is 1. The molecule has 28 heavy (non-hydrogen) atoms. The van der Waals surface area contributed by atoms with Crippen molar-refractivity contribution in [3.05, 3.63) is 89.7 Å². The lowest BCUT2D eigenvalue weighted by atomic mass is 9.99. The Hall–Kier alpha value is -3.60. The van der Waals surface area contributed by atoms with Crippen LogP contribution in [0.1, 0.15) is 34.5 Å². The number of carbonyl (C=O) groups excluding carboxylic acids is 1. The molecule has 3 N–H and O–H groups in total. The van der Waals surface area contributed by atoms with Crippen molar-refractivity contribution in [1.29, 1.82) is 0 Å². The van der Waals surface area contributed by atoms with Crippen molar-refractivity contribution >= 4 is 28.1 Å². The Bertz CT molecular complexity index is 1110. The Morgan fingerprint density at radius 2 is 1.86 bits per heavy atom. The van der Waals surface area contributed by atoms with E-state index in [1.165, 1.54) is 5.39 Å². The number of amides is 1. The lowest BCUT2D eigenvalue weighted by Crippen LogP contribution is -2.27. The van der Waals surface area contributed by atoms with Gasteiger partial charge in [-0.1, -0.05) is 48.5 Å².